The van der Waals surface area contributed by atoms with E-state index in [9.17, 15) is 9.59 Å². The molecule has 0 saturated heterocycles. The molecule has 2 rings (SSSR count). The molecular weight excluding hydrogens is 326 g/mol. The average Bonchev–Trinajstić information content (AvgIpc) is 2.49. The molecule has 0 bridgehead atoms. The van der Waals surface area contributed by atoms with E-state index in [2.05, 4.69) is 24.1 Å². The first-order valence-electron chi connectivity index (χ1n) is 8.31. The molecule has 1 heterocycles. The van der Waals surface area contributed by atoms with Crippen molar-refractivity contribution in [3.63, 3.8) is 0 Å². The lowest BCUT2D eigenvalue weighted by Crippen LogP contribution is -2.37. The van der Waals surface area contributed by atoms with Crippen molar-refractivity contribution in [2.45, 2.75) is 52.6 Å². The van der Waals surface area contributed by atoms with E-state index in [1.165, 1.54) is 10.9 Å². The van der Waals surface area contributed by atoms with Crippen LogP contribution >= 0.6 is 11.6 Å². The molecule has 1 amide bonds. The number of nitrogens with zero attached hydrogens (tertiary/aromatic N) is 2. The lowest BCUT2D eigenvalue weighted by Gasteiger charge is -2.15. The minimum Gasteiger partial charge on any atom is -0.352 e. The summed E-state index contributed by atoms with van der Waals surface area (Å²) in [6.07, 6.45) is 4.56. The summed E-state index contributed by atoms with van der Waals surface area (Å²) in [6, 6.07) is 5.02. The maximum absolute atomic E-state index is 12.4. The van der Waals surface area contributed by atoms with Crippen LogP contribution in [0.4, 0.5) is 0 Å². The van der Waals surface area contributed by atoms with Gasteiger partial charge in [0.15, 0.2) is 0 Å². The summed E-state index contributed by atoms with van der Waals surface area (Å²) >= 11 is 5.90. The van der Waals surface area contributed by atoms with Gasteiger partial charge in [0, 0.05) is 11.1 Å². The van der Waals surface area contributed by atoms with Crippen LogP contribution in [0.1, 0.15) is 40.0 Å². The molecule has 0 aliphatic carbocycles. The van der Waals surface area contributed by atoms with Gasteiger partial charge in [0.25, 0.3) is 5.56 Å². The molecule has 1 aromatic heterocycles. The van der Waals surface area contributed by atoms with Crippen LogP contribution in [-0.2, 0) is 11.3 Å². The number of hydrogen-bond acceptors (Lipinski definition) is 3. The third-order valence-corrected chi connectivity index (χ3v) is 4.16. The van der Waals surface area contributed by atoms with Crippen molar-refractivity contribution >= 4 is 28.4 Å². The van der Waals surface area contributed by atoms with Gasteiger partial charge in [0.2, 0.25) is 5.91 Å². The third-order valence-electron chi connectivity index (χ3n) is 3.93. The number of fused-ring (bicyclic) bond motifs is 1. The van der Waals surface area contributed by atoms with Gasteiger partial charge < -0.3 is 5.32 Å². The fourth-order valence-electron chi connectivity index (χ4n) is 2.62. The van der Waals surface area contributed by atoms with Gasteiger partial charge in [-0.3, -0.25) is 14.2 Å². The van der Waals surface area contributed by atoms with E-state index in [1.807, 2.05) is 6.92 Å². The monoisotopic (exact) mass is 349 g/mol. The van der Waals surface area contributed by atoms with Crippen molar-refractivity contribution in [2.24, 2.45) is 5.92 Å². The lowest BCUT2D eigenvalue weighted by molar-refractivity contribution is -0.122. The summed E-state index contributed by atoms with van der Waals surface area (Å²) in [5.41, 5.74) is 0.297. The van der Waals surface area contributed by atoms with E-state index in [0.29, 0.717) is 21.8 Å². The van der Waals surface area contributed by atoms with Crippen molar-refractivity contribution in [2.75, 3.05) is 0 Å². The first kappa shape index (κ1) is 18.5. The molecule has 2 aromatic rings. The molecule has 0 spiro atoms. The van der Waals surface area contributed by atoms with E-state index >= 15 is 0 Å². The maximum Gasteiger partial charge on any atom is 0.261 e. The SMILES string of the molecule is CC(C)CCCC(C)NC(=O)Cn1cnc2cc(Cl)ccc2c1=O. The largest absolute Gasteiger partial charge is 0.352 e. The minimum absolute atomic E-state index is 0.0288. The smallest absolute Gasteiger partial charge is 0.261 e. The molecule has 1 N–H and O–H groups in total. The molecule has 5 nitrogen and oxygen atoms in total. The summed E-state index contributed by atoms with van der Waals surface area (Å²) in [4.78, 5) is 28.8. The molecule has 1 atom stereocenters. The summed E-state index contributed by atoms with van der Waals surface area (Å²) in [5, 5.41) is 3.92. The fraction of sp³-hybridized carbons (Fsp3) is 0.500. The Morgan fingerprint density at radius 2 is 2.04 bits per heavy atom. The number of halogens is 1. The number of aromatic nitrogens is 2. The summed E-state index contributed by atoms with van der Waals surface area (Å²) in [6.45, 7) is 6.34. The highest BCUT2D eigenvalue weighted by atomic mass is 35.5. The van der Waals surface area contributed by atoms with Gasteiger partial charge in [-0.2, -0.15) is 0 Å². The molecule has 0 saturated carbocycles. The molecule has 0 radical (unpaired) electrons. The first-order chi connectivity index (χ1) is 11.4. The second-order valence-corrected chi connectivity index (χ2v) is 7.07. The fourth-order valence-corrected chi connectivity index (χ4v) is 2.79. The van der Waals surface area contributed by atoms with Gasteiger partial charge in [-0.25, -0.2) is 4.98 Å². The van der Waals surface area contributed by atoms with Crippen molar-refractivity contribution in [1.82, 2.24) is 14.9 Å². The van der Waals surface area contributed by atoms with Crippen LogP contribution in [0.5, 0.6) is 0 Å². The van der Waals surface area contributed by atoms with Crippen molar-refractivity contribution in [3.05, 3.63) is 39.9 Å². The summed E-state index contributed by atoms with van der Waals surface area (Å²) < 4.78 is 1.33. The lowest BCUT2D eigenvalue weighted by atomic mass is 10.0. The molecule has 6 heteroatoms. The van der Waals surface area contributed by atoms with Gasteiger partial charge >= 0.3 is 0 Å². The number of rotatable bonds is 7. The van der Waals surface area contributed by atoms with Gasteiger partial charge in [-0.15, -0.1) is 0 Å². The van der Waals surface area contributed by atoms with Crippen LogP contribution in [-0.4, -0.2) is 21.5 Å². The van der Waals surface area contributed by atoms with Crippen LogP contribution in [0.3, 0.4) is 0 Å². The van der Waals surface area contributed by atoms with Crippen LogP contribution in [0, 0.1) is 5.92 Å². The van der Waals surface area contributed by atoms with E-state index in [0.717, 1.165) is 19.3 Å². The molecule has 0 aliphatic heterocycles. The molecule has 24 heavy (non-hydrogen) atoms. The highest BCUT2D eigenvalue weighted by Gasteiger charge is 2.11. The molecule has 0 fully saturated rings. The number of benzene rings is 1. The second kappa shape index (κ2) is 8.29. The third kappa shape index (κ3) is 5.06. The quantitative estimate of drug-likeness (QED) is 0.833. The van der Waals surface area contributed by atoms with Gasteiger partial charge in [0.05, 0.1) is 17.2 Å². The zero-order chi connectivity index (χ0) is 17.7. The number of carbonyl (C=O) groups excluding carboxylic acids is 1. The number of carbonyl (C=O) groups is 1. The predicted molar refractivity (Wildman–Crippen MR) is 97.3 cm³/mol. The van der Waals surface area contributed by atoms with Crippen LogP contribution in [0.2, 0.25) is 5.02 Å². The van der Waals surface area contributed by atoms with Gasteiger partial charge in [0.1, 0.15) is 6.54 Å². The molecular formula is C18H24ClN3O2. The van der Waals surface area contributed by atoms with Crippen molar-refractivity contribution in [1.29, 1.82) is 0 Å². The summed E-state index contributed by atoms with van der Waals surface area (Å²) in [5.74, 6) is 0.493. The number of amides is 1. The van der Waals surface area contributed by atoms with Crippen molar-refractivity contribution < 1.29 is 4.79 Å². The minimum atomic E-state index is -0.237. The molecule has 0 aliphatic rings. The highest BCUT2D eigenvalue weighted by Crippen LogP contribution is 2.14. The average molecular weight is 350 g/mol. The van der Waals surface area contributed by atoms with E-state index in [-0.39, 0.29) is 24.1 Å². The number of hydrogen-bond donors (Lipinski definition) is 1. The van der Waals surface area contributed by atoms with Crippen LogP contribution in [0.15, 0.2) is 29.3 Å². The Kier molecular flexibility index (Phi) is 6.37. The predicted octanol–water partition coefficient (Wildman–Crippen LogP) is 3.38. The van der Waals surface area contributed by atoms with Crippen LogP contribution < -0.4 is 10.9 Å². The Hall–Kier alpha value is -1.88. The molecule has 1 aromatic carbocycles. The topological polar surface area (TPSA) is 64.0 Å². The zero-order valence-corrected chi connectivity index (χ0v) is 15.1. The maximum atomic E-state index is 12.4. The van der Waals surface area contributed by atoms with Crippen molar-refractivity contribution in [3.8, 4) is 0 Å². The Morgan fingerprint density at radius 1 is 1.29 bits per heavy atom. The number of nitrogens with one attached hydrogen (secondary N) is 1. The first-order valence-corrected chi connectivity index (χ1v) is 8.68. The van der Waals surface area contributed by atoms with E-state index in [4.69, 9.17) is 11.6 Å². The Labute approximate surface area is 147 Å². The highest BCUT2D eigenvalue weighted by molar-refractivity contribution is 6.31. The second-order valence-electron chi connectivity index (χ2n) is 6.63. The normalized spacial score (nSPS) is 12.5. The van der Waals surface area contributed by atoms with Gasteiger partial charge in [-0.1, -0.05) is 38.3 Å². The van der Waals surface area contributed by atoms with E-state index < -0.39 is 0 Å². The molecule has 1 unspecified atom stereocenters. The zero-order valence-electron chi connectivity index (χ0n) is 14.4. The Morgan fingerprint density at radius 3 is 2.75 bits per heavy atom. The summed E-state index contributed by atoms with van der Waals surface area (Å²) in [7, 11) is 0. The van der Waals surface area contributed by atoms with E-state index in [1.54, 1.807) is 18.2 Å². The Bertz CT molecular complexity index is 770. The molecule has 130 valence electrons. The van der Waals surface area contributed by atoms with Gasteiger partial charge in [-0.05, 0) is 37.5 Å². The Balaban J connectivity index is 1.99. The van der Waals surface area contributed by atoms with Crippen LogP contribution in [0.25, 0.3) is 10.9 Å². The standard InChI is InChI=1S/C18H24ClN3O2/c1-12(2)5-4-6-13(3)21-17(23)10-22-11-20-16-9-14(19)7-8-15(16)18(22)24/h7-9,11-13H,4-6,10H2,1-3H3,(H,21,23).